The highest BCUT2D eigenvalue weighted by Crippen LogP contribution is 2.26. The van der Waals surface area contributed by atoms with E-state index in [1.54, 1.807) is 18.2 Å². The van der Waals surface area contributed by atoms with Crippen LogP contribution in [-0.2, 0) is 4.79 Å². The smallest absolute Gasteiger partial charge is 0.339 e. The molecule has 0 amide bonds. The van der Waals surface area contributed by atoms with Crippen molar-refractivity contribution in [3.8, 4) is 11.8 Å². The third kappa shape index (κ3) is 5.25. The minimum atomic E-state index is -1.26. The van der Waals surface area contributed by atoms with Crippen molar-refractivity contribution in [3.05, 3.63) is 59.4 Å². The number of ether oxygens (including phenoxy) is 1. The molecule has 1 aromatic carbocycles. The number of nitriles is 1. The van der Waals surface area contributed by atoms with Crippen molar-refractivity contribution in [2.24, 2.45) is 0 Å². The summed E-state index contributed by atoms with van der Waals surface area (Å²) in [6, 6.07) is 7.08. The third-order valence-corrected chi connectivity index (χ3v) is 3.77. The molecule has 5 heteroatoms. The van der Waals surface area contributed by atoms with Crippen LogP contribution in [0.3, 0.4) is 0 Å². The molecule has 0 aliphatic rings. The lowest BCUT2D eigenvalue weighted by atomic mass is 10.0. The number of allylic oxidation sites excluding steroid dienone is 3. The van der Waals surface area contributed by atoms with Crippen molar-refractivity contribution in [1.82, 2.24) is 0 Å². The van der Waals surface area contributed by atoms with Crippen LogP contribution in [0.2, 0.25) is 0 Å². The average molecular weight is 341 g/mol. The molecule has 0 aliphatic heterocycles. The first kappa shape index (κ1) is 20.0. The van der Waals surface area contributed by atoms with Crippen LogP contribution >= 0.6 is 0 Å². The van der Waals surface area contributed by atoms with Crippen molar-refractivity contribution in [2.45, 2.75) is 39.7 Å². The van der Waals surface area contributed by atoms with Crippen LogP contribution in [-0.4, -0.2) is 22.3 Å². The van der Waals surface area contributed by atoms with Gasteiger partial charge in [-0.25, -0.2) is 4.79 Å². The molecule has 25 heavy (non-hydrogen) atoms. The maximum atomic E-state index is 11.2. The fourth-order valence-corrected chi connectivity index (χ4v) is 2.21. The molecule has 0 bridgehead atoms. The van der Waals surface area contributed by atoms with E-state index in [2.05, 4.69) is 12.6 Å². The minimum absolute atomic E-state index is 0.0336. The number of rotatable bonds is 8. The van der Waals surface area contributed by atoms with E-state index < -0.39 is 5.97 Å². The van der Waals surface area contributed by atoms with E-state index in [9.17, 15) is 20.3 Å². The van der Waals surface area contributed by atoms with E-state index in [1.165, 1.54) is 19.1 Å². The standard InChI is InChI=1S/C20H23NO4/c1-5-16(6-2)25-19-9-8-14(11-15(19)12-21)13(4)10-17(20(23)24)18(22)7-3/h7-11,16,22H,4-6H2,1-3H3,(H,23,24)/b17-10+,18-7+. The fraction of sp³-hybridized carbons (Fsp3) is 0.300. The van der Waals surface area contributed by atoms with Gasteiger partial charge in [0.15, 0.2) is 0 Å². The maximum absolute atomic E-state index is 11.2. The van der Waals surface area contributed by atoms with Crippen LogP contribution in [0.4, 0.5) is 0 Å². The second-order valence-corrected chi connectivity index (χ2v) is 5.44. The molecular formula is C20H23NO4. The highest BCUT2D eigenvalue weighted by atomic mass is 16.5. The van der Waals surface area contributed by atoms with Crippen molar-refractivity contribution in [2.75, 3.05) is 0 Å². The second kappa shape index (κ2) is 9.33. The predicted octanol–water partition coefficient (Wildman–Crippen LogP) is 4.61. The summed E-state index contributed by atoms with van der Waals surface area (Å²) in [5.74, 6) is -1.11. The number of carbonyl (C=O) groups is 1. The van der Waals surface area contributed by atoms with Crippen molar-refractivity contribution < 1.29 is 19.7 Å². The first-order valence-electron chi connectivity index (χ1n) is 8.08. The van der Waals surface area contributed by atoms with Gasteiger partial charge in [0.05, 0.1) is 11.7 Å². The molecule has 0 unspecified atom stereocenters. The van der Waals surface area contributed by atoms with E-state index in [0.717, 1.165) is 12.8 Å². The molecular weight excluding hydrogens is 318 g/mol. The zero-order valence-corrected chi connectivity index (χ0v) is 14.7. The van der Waals surface area contributed by atoms with Gasteiger partial charge >= 0.3 is 5.97 Å². The van der Waals surface area contributed by atoms with E-state index in [-0.39, 0.29) is 17.4 Å². The SMILES string of the molecule is C=C(/C=C(C(=O)O)\C(O)=C/C)c1ccc(OC(CC)CC)c(C#N)c1. The Labute approximate surface area is 148 Å². The fourth-order valence-electron chi connectivity index (χ4n) is 2.21. The summed E-state index contributed by atoms with van der Waals surface area (Å²) in [5.41, 5.74) is 1.04. The van der Waals surface area contributed by atoms with Crippen LogP contribution in [0.25, 0.3) is 5.57 Å². The molecule has 0 aliphatic carbocycles. The van der Waals surface area contributed by atoms with Crippen LogP contribution in [0.1, 0.15) is 44.7 Å². The number of hydrogen-bond donors (Lipinski definition) is 2. The van der Waals surface area contributed by atoms with E-state index in [0.29, 0.717) is 22.4 Å². The van der Waals surface area contributed by atoms with Gasteiger partial charge in [-0.15, -0.1) is 0 Å². The summed E-state index contributed by atoms with van der Waals surface area (Å²) in [6.45, 7) is 9.40. The minimum Gasteiger partial charge on any atom is -0.507 e. The number of carboxylic acids is 1. The molecule has 0 heterocycles. The Hall–Kier alpha value is -3.00. The predicted molar refractivity (Wildman–Crippen MR) is 97.3 cm³/mol. The van der Waals surface area contributed by atoms with Gasteiger partial charge in [0.1, 0.15) is 23.2 Å². The van der Waals surface area contributed by atoms with Crippen molar-refractivity contribution in [1.29, 1.82) is 5.26 Å². The van der Waals surface area contributed by atoms with Crippen molar-refractivity contribution >= 4 is 11.5 Å². The summed E-state index contributed by atoms with van der Waals surface area (Å²) in [5, 5.41) is 28.2. The maximum Gasteiger partial charge on any atom is 0.339 e. The van der Waals surface area contributed by atoms with Gasteiger partial charge in [0.25, 0.3) is 0 Å². The zero-order chi connectivity index (χ0) is 19.0. The Bertz CT molecular complexity index is 749. The van der Waals surface area contributed by atoms with Gasteiger partial charge in [-0.2, -0.15) is 5.26 Å². The molecule has 1 aromatic rings. The Kier molecular flexibility index (Phi) is 7.48. The lowest BCUT2D eigenvalue weighted by molar-refractivity contribution is -0.132. The molecule has 0 radical (unpaired) electrons. The topological polar surface area (TPSA) is 90.6 Å². The molecule has 1 rings (SSSR count). The molecule has 0 atom stereocenters. The molecule has 5 nitrogen and oxygen atoms in total. The Morgan fingerprint density at radius 3 is 2.48 bits per heavy atom. The summed E-state index contributed by atoms with van der Waals surface area (Å²) < 4.78 is 5.83. The quantitative estimate of drug-likeness (QED) is 0.409. The largest absolute Gasteiger partial charge is 0.507 e. The average Bonchev–Trinajstić information content (AvgIpc) is 2.62. The molecule has 0 spiro atoms. The summed E-state index contributed by atoms with van der Waals surface area (Å²) in [7, 11) is 0. The normalized spacial score (nSPS) is 12.0. The summed E-state index contributed by atoms with van der Waals surface area (Å²) >= 11 is 0. The first-order valence-corrected chi connectivity index (χ1v) is 8.08. The van der Waals surface area contributed by atoms with E-state index in [1.807, 2.05) is 13.8 Å². The van der Waals surface area contributed by atoms with Crippen LogP contribution in [0.5, 0.6) is 5.75 Å². The number of hydrogen-bond acceptors (Lipinski definition) is 4. The zero-order valence-electron chi connectivity index (χ0n) is 14.7. The van der Waals surface area contributed by atoms with Gasteiger partial charge < -0.3 is 14.9 Å². The second-order valence-electron chi connectivity index (χ2n) is 5.44. The Morgan fingerprint density at radius 1 is 1.36 bits per heavy atom. The van der Waals surface area contributed by atoms with Gasteiger partial charge in [0, 0.05) is 0 Å². The lowest BCUT2D eigenvalue weighted by Crippen LogP contribution is -2.14. The van der Waals surface area contributed by atoms with Crippen LogP contribution in [0, 0.1) is 11.3 Å². The summed E-state index contributed by atoms with van der Waals surface area (Å²) in [6.07, 6.45) is 4.27. The Morgan fingerprint density at radius 2 is 2.00 bits per heavy atom. The monoisotopic (exact) mass is 341 g/mol. The van der Waals surface area contributed by atoms with Crippen LogP contribution < -0.4 is 4.74 Å². The number of benzene rings is 1. The number of carboxylic acid groups (broad SMARTS) is 1. The van der Waals surface area contributed by atoms with Gasteiger partial charge in [0.2, 0.25) is 0 Å². The molecule has 0 fully saturated rings. The van der Waals surface area contributed by atoms with Gasteiger partial charge in [-0.3, -0.25) is 0 Å². The molecule has 2 N–H and O–H groups in total. The first-order chi connectivity index (χ1) is 11.9. The molecule has 0 saturated heterocycles. The highest BCUT2D eigenvalue weighted by molar-refractivity contribution is 5.94. The van der Waals surface area contributed by atoms with Crippen LogP contribution in [0.15, 0.2) is 48.3 Å². The van der Waals surface area contributed by atoms with Crippen molar-refractivity contribution in [3.63, 3.8) is 0 Å². The van der Waals surface area contributed by atoms with E-state index in [4.69, 9.17) is 4.74 Å². The van der Waals surface area contributed by atoms with Gasteiger partial charge in [-0.05, 0) is 55.2 Å². The lowest BCUT2D eigenvalue weighted by Gasteiger charge is -2.17. The number of aliphatic carboxylic acids is 1. The number of aliphatic hydroxyl groups is 1. The molecule has 0 aromatic heterocycles. The molecule has 0 saturated carbocycles. The number of nitrogens with zero attached hydrogens (tertiary/aromatic N) is 1. The molecule has 132 valence electrons. The highest BCUT2D eigenvalue weighted by Gasteiger charge is 2.14. The van der Waals surface area contributed by atoms with E-state index >= 15 is 0 Å². The third-order valence-electron chi connectivity index (χ3n) is 3.77. The Balaban J connectivity index is 3.21. The number of aliphatic hydroxyl groups excluding tert-OH is 1. The van der Waals surface area contributed by atoms with Gasteiger partial charge in [-0.1, -0.05) is 26.5 Å². The summed E-state index contributed by atoms with van der Waals surface area (Å²) in [4.78, 5) is 11.2.